The number of benzene rings is 2. The predicted octanol–water partition coefficient (Wildman–Crippen LogP) is 10.0. The van der Waals surface area contributed by atoms with Crippen molar-refractivity contribution in [3.63, 3.8) is 0 Å². The number of carbonyl (C=O) groups excluding carboxylic acids is 2. The third-order valence-corrected chi connectivity index (χ3v) is 8.66. The first-order chi connectivity index (χ1) is 21.2. The smallest absolute Gasteiger partial charge is 0.346 e. The second-order valence-corrected chi connectivity index (χ2v) is 12.1. The van der Waals surface area contributed by atoms with Crippen LogP contribution >= 0.6 is 0 Å². The van der Waals surface area contributed by atoms with Crippen LogP contribution in [0.5, 0.6) is 11.5 Å². The average Bonchev–Trinajstić information content (AvgIpc) is 3.03. The standard InChI is InChI=1S/C36H49F3O5/c1-4-6-7-8-9-10-11-12-13-24-42-31-23-22-30(33(38)34(31)39)35(40)43-28-18-14-26(15-19-28)27-16-20-29(21-17-27)44-36(41)32(37)25(3)5-2/h14-15,18-19,22-23,25,27,29,32H,4-13,16-17,20-21,24H2,1-3H3/t25-,27-,29-,32-/m0/s1. The fourth-order valence-corrected chi connectivity index (χ4v) is 5.55. The molecule has 2 atom stereocenters. The van der Waals surface area contributed by atoms with Gasteiger partial charge in [-0.1, -0.05) is 90.7 Å². The number of carbonyl (C=O) groups is 2. The summed E-state index contributed by atoms with van der Waals surface area (Å²) < 4.78 is 59.7. The molecule has 0 spiro atoms. The zero-order valence-electron chi connectivity index (χ0n) is 26.6. The molecule has 244 valence electrons. The van der Waals surface area contributed by atoms with Gasteiger partial charge in [-0.2, -0.15) is 4.39 Å². The molecule has 2 aromatic carbocycles. The summed E-state index contributed by atoms with van der Waals surface area (Å²) in [6.07, 6.45) is 11.8. The molecule has 1 saturated carbocycles. The van der Waals surface area contributed by atoms with Gasteiger partial charge in [0.2, 0.25) is 5.82 Å². The van der Waals surface area contributed by atoms with Crippen LogP contribution in [0.15, 0.2) is 36.4 Å². The van der Waals surface area contributed by atoms with Gasteiger partial charge in [-0.05, 0) is 73.8 Å². The Hall–Kier alpha value is -3.03. The van der Waals surface area contributed by atoms with Crippen molar-refractivity contribution in [1.29, 1.82) is 0 Å². The second kappa shape index (κ2) is 18.7. The van der Waals surface area contributed by atoms with Crippen molar-refractivity contribution in [3.05, 3.63) is 59.2 Å². The highest BCUT2D eigenvalue weighted by Gasteiger charge is 2.30. The molecule has 1 fully saturated rings. The van der Waals surface area contributed by atoms with Crippen molar-refractivity contribution in [2.24, 2.45) is 5.92 Å². The average molecular weight is 619 g/mol. The number of ether oxygens (including phenoxy) is 3. The van der Waals surface area contributed by atoms with Gasteiger partial charge in [0, 0.05) is 0 Å². The lowest BCUT2D eigenvalue weighted by Gasteiger charge is -2.29. The van der Waals surface area contributed by atoms with Gasteiger partial charge in [-0.25, -0.2) is 18.4 Å². The Bertz CT molecular complexity index is 1160. The van der Waals surface area contributed by atoms with E-state index in [4.69, 9.17) is 14.2 Å². The normalized spacial score (nSPS) is 18.0. The molecule has 2 aromatic rings. The van der Waals surface area contributed by atoms with Gasteiger partial charge in [0.1, 0.15) is 11.9 Å². The molecule has 0 amide bonds. The molecule has 1 aliphatic rings. The van der Waals surface area contributed by atoms with Crippen molar-refractivity contribution in [1.82, 2.24) is 0 Å². The van der Waals surface area contributed by atoms with Crippen LogP contribution in [0.3, 0.4) is 0 Å². The lowest BCUT2D eigenvalue weighted by molar-refractivity contribution is -0.158. The second-order valence-electron chi connectivity index (χ2n) is 12.1. The van der Waals surface area contributed by atoms with Crippen LogP contribution in [-0.2, 0) is 9.53 Å². The number of unbranched alkanes of at least 4 members (excludes halogenated alkanes) is 8. The highest BCUT2D eigenvalue weighted by Crippen LogP contribution is 2.35. The van der Waals surface area contributed by atoms with Crippen LogP contribution in [0.2, 0.25) is 0 Å². The molecular weight excluding hydrogens is 569 g/mol. The summed E-state index contributed by atoms with van der Waals surface area (Å²) >= 11 is 0. The SMILES string of the molecule is CCCCCCCCCCCOc1ccc(C(=O)Oc2ccc([C@H]3CC[C@H](OC(=O)[C@@H](F)[C@@H](C)CC)CC3)cc2)c(F)c1F. The molecule has 44 heavy (non-hydrogen) atoms. The summed E-state index contributed by atoms with van der Waals surface area (Å²) in [5.74, 6) is -4.41. The van der Waals surface area contributed by atoms with Crippen LogP contribution in [0.25, 0.3) is 0 Å². The third-order valence-electron chi connectivity index (χ3n) is 8.66. The summed E-state index contributed by atoms with van der Waals surface area (Å²) in [6, 6.07) is 9.35. The number of esters is 2. The molecule has 5 nitrogen and oxygen atoms in total. The van der Waals surface area contributed by atoms with Crippen LogP contribution < -0.4 is 9.47 Å². The molecule has 0 bridgehead atoms. The summed E-state index contributed by atoms with van der Waals surface area (Å²) in [5, 5.41) is 0. The minimum absolute atomic E-state index is 0.214. The Kier molecular flexibility index (Phi) is 15.1. The van der Waals surface area contributed by atoms with E-state index in [2.05, 4.69) is 6.92 Å². The lowest BCUT2D eigenvalue weighted by Crippen LogP contribution is -2.31. The van der Waals surface area contributed by atoms with Crippen LogP contribution in [0.4, 0.5) is 13.2 Å². The van der Waals surface area contributed by atoms with Crippen molar-refractivity contribution in [3.8, 4) is 11.5 Å². The van der Waals surface area contributed by atoms with Crippen LogP contribution in [0.1, 0.15) is 133 Å². The minimum atomic E-state index is -1.60. The predicted molar refractivity (Wildman–Crippen MR) is 166 cm³/mol. The van der Waals surface area contributed by atoms with E-state index in [0.717, 1.165) is 37.7 Å². The number of alkyl halides is 1. The Morgan fingerprint density at radius 1 is 0.818 bits per heavy atom. The highest BCUT2D eigenvalue weighted by atomic mass is 19.2. The molecule has 8 heteroatoms. The molecule has 1 aliphatic carbocycles. The zero-order valence-corrected chi connectivity index (χ0v) is 26.6. The molecule has 0 aliphatic heterocycles. The molecule has 3 rings (SSSR count). The monoisotopic (exact) mass is 618 g/mol. The lowest BCUT2D eigenvalue weighted by atomic mass is 9.82. The molecule has 0 saturated heterocycles. The Morgan fingerprint density at radius 2 is 1.43 bits per heavy atom. The highest BCUT2D eigenvalue weighted by molar-refractivity contribution is 5.91. The fourth-order valence-electron chi connectivity index (χ4n) is 5.55. The number of hydrogen-bond donors (Lipinski definition) is 0. The Labute approximate surface area is 260 Å². The summed E-state index contributed by atoms with van der Waals surface area (Å²) in [7, 11) is 0. The van der Waals surface area contributed by atoms with E-state index in [0.29, 0.717) is 19.3 Å². The van der Waals surface area contributed by atoms with E-state index >= 15 is 0 Å². The van der Waals surface area contributed by atoms with E-state index in [-0.39, 0.29) is 36.0 Å². The van der Waals surface area contributed by atoms with E-state index in [1.165, 1.54) is 50.7 Å². The van der Waals surface area contributed by atoms with Crippen molar-refractivity contribution in [2.45, 2.75) is 129 Å². The molecule has 0 radical (unpaired) electrons. The van der Waals surface area contributed by atoms with Gasteiger partial charge in [0.25, 0.3) is 0 Å². The maximum atomic E-state index is 14.7. The topological polar surface area (TPSA) is 61.8 Å². The molecule has 0 unspecified atom stereocenters. The summed E-state index contributed by atoms with van der Waals surface area (Å²) in [4.78, 5) is 24.7. The van der Waals surface area contributed by atoms with Crippen molar-refractivity contribution >= 4 is 11.9 Å². The molecule has 0 heterocycles. The first-order valence-corrected chi connectivity index (χ1v) is 16.5. The molecule has 0 aromatic heterocycles. The van der Waals surface area contributed by atoms with E-state index in [1.54, 1.807) is 19.1 Å². The fraction of sp³-hybridized carbons (Fsp3) is 0.611. The van der Waals surface area contributed by atoms with Crippen molar-refractivity contribution < 1.29 is 37.0 Å². The zero-order chi connectivity index (χ0) is 31.9. The largest absolute Gasteiger partial charge is 0.490 e. The summed E-state index contributed by atoms with van der Waals surface area (Å²) in [6.45, 7) is 6.02. The van der Waals surface area contributed by atoms with E-state index in [1.807, 2.05) is 19.1 Å². The summed E-state index contributed by atoms with van der Waals surface area (Å²) in [5.41, 5.74) is 0.530. The van der Waals surface area contributed by atoms with E-state index < -0.39 is 35.3 Å². The van der Waals surface area contributed by atoms with Crippen LogP contribution in [-0.4, -0.2) is 30.8 Å². The quantitative estimate of drug-likeness (QED) is 0.0945. The van der Waals surface area contributed by atoms with E-state index in [9.17, 15) is 22.8 Å². The Morgan fingerprint density at radius 3 is 2.05 bits per heavy atom. The number of halogens is 3. The first-order valence-electron chi connectivity index (χ1n) is 16.5. The van der Waals surface area contributed by atoms with Crippen LogP contribution in [0, 0.1) is 17.6 Å². The third kappa shape index (κ3) is 10.8. The molecular formula is C36H49F3O5. The Balaban J connectivity index is 1.42. The van der Waals surface area contributed by atoms with Gasteiger partial charge in [0.15, 0.2) is 17.7 Å². The molecule has 0 N–H and O–H groups in total. The minimum Gasteiger partial charge on any atom is -0.490 e. The van der Waals surface area contributed by atoms with Gasteiger partial charge in [-0.3, -0.25) is 0 Å². The van der Waals surface area contributed by atoms with Gasteiger partial charge in [0.05, 0.1) is 12.2 Å². The maximum absolute atomic E-state index is 14.7. The number of rotatable bonds is 18. The van der Waals surface area contributed by atoms with Crippen molar-refractivity contribution in [2.75, 3.05) is 6.61 Å². The van der Waals surface area contributed by atoms with Gasteiger partial charge in [-0.15, -0.1) is 0 Å². The first kappa shape index (κ1) is 35.4. The van der Waals surface area contributed by atoms with Gasteiger partial charge >= 0.3 is 11.9 Å². The number of hydrogen-bond acceptors (Lipinski definition) is 5. The maximum Gasteiger partial charge on any atom is 0.346 e. The van der Waals surface area contributed by atoms with Gasteiger partial charge < -0.3 is 14.2 Å².